The summed E-state index contributed by atoms with van der Waals surface area (Å²) in [4.78, 5) is 2.34. The molecule has 0 saturated carbocycles. The average molecular weight is 252 g/mol. The lowest BCUT2D eigenvalue weighted by Crippen LogP contribution is -2.42. The lowest BCUT2D eigenvalue weighted by molar-refractivity contribution is 0.256. The first kappa shape index (κ1) is 13.5. The summed E-state index contributed by atoms with van der Waals surface area (Å²) in [6.45, 7) is 3.89. The summed E-state index contributed by atoms with van der Waals surface area (Å²) in [5, 5.41) is 16.6. The van der Waals surface area contributed by atoms with Crippen LogP contribution in [0, 0.1) is 0 Å². The van der Waals surface area contributed by atoms with Gasteiger partial charge in [0.15, 0.2) is 0 Å². The van der Waals surface area contributed by atoms with Crippen LogP contribution >= 0.6 is 0 Å². The molecule has 0 radical (unpaired) electrons. The number of aliphatic hydroxyl groups excluding tert-OH is 1. The third kappa shape index (κ3) is 4.08. The van der Waals surface area contributed by atoms with Crippen LogP contribution in [0.15, 0.2) is 12.4 Å². The van der Waals surface area contributed by atoms with E-state index in [2.05, 4.69) is 22.4 Å². The summed E-state index contributed by atoms with van der Waals surface area (Å²) < 4.78 is 1.79. The highest BCUT2D eigenvalue weighted by Crippen LogP contribution is 2.09. The molecule has 2 rings (SSSR count). The Bertz CT molecular complexity index is 347. The number of rotatable bonds is 6. The predicted octanol–water partition coefficient (Wildman–Crippen LogP) is 0.449. The zero-order valence-corrected chi connectivity index (χ0v) is 11.2. The Kier molecular flexibility index (Phi) is 5.16. The molecule has 1 fully saturated rings. The van der Waals surface area contributed by atoms with E-state index in [-0.39, 0.29) is 6.61 Å². The van der Waals surface area contributed by atoms with Crippen molar-refractivity contribution < 1.29 is 5.11 Å². The Balaban J connectivity index is 1.76. The van der Waals surface area contributed by atoms with Crippen molar-refractivity contribution in [3.8, 4) is 0 Å². The molecule has 2 heterocycles. The van der Waals surface area contributed by atoms with Crippen LogP contribution in [-0.4, -0.2) is 52.6 Å². The molecule has 0 aromatic carbocycles. The molecule has 0 amide bonds. The zero-order chi connectivity index (χ0) is 12.8. The van der Waals surface area contributed by atoms with Gasteiger partial charge >= 0.3 is 0 Å². The van der Waals surface area contributed by atoms with Crippen LogP contribution < -0.4 is 5.32 Å². The molecule has 0 aliphatic carbocycles. The van der Waals surface area contributed by atoms with Crippen LogP contribution in [0.5, 0.6) is 0 Å². The number of hydrogen-bond acceptors (Lipinski definition) is 4. The fourth-order valence-electron chi connectivity index (χ4n) is 2.55. The summed E-state index contributed by atoms with van der Waals surface area (Å²) in [5.74, 6) is 0. The van der Waals surface area contributed by atoms with Crippen LogP contribution in [0.1, 0.15) is 24.8 Å². The molecule has 1 aromatic heterocycles. The van der Waals surface area contributed by atoms with Gasteiger partial charge in [-0.3, -0.25) is 4.68 Å². The second-order valence-electron chi connectivity index (χ2n) is 5.18. The molecule has 1 unspecified atom stereocenters. The molecule has 5 heteroatoms. The van der Waals surface area contributed by atoms with E-state index in [1.165, 1.54) is 24.8 Å². The van der Waals surface area contributed by atoms with Gasteiger partial charge in [0, 0.05) is 30.9 Å². The maximum atomic E-state index is 8.85. The third-order valence-corrected chi connectivity index (χ3v) is 3.41. The fourth-order valence-corrected chi connectivity index (χ4v) is 2.55. The molecule has 18 heavy (non-hydrogen) atoms. The van der Waals surface area contributed by atoms with Crippen LogP contribution in [0.2, 0.25) is 0 Å². The Morgan fingerprint density at radius 2 is 2.44 bits per heavy atom. The number of piperidine rings is 1. The minimum atomic E-state index is 0.142. The lowest BCUT2D eigenvalue weighted by atomic mass is 10.0. The molecule has 102 valence electrons. The number of nitrogens with one attached hydrogen (secondary N) is 1. The molecule has 2 N–H and O–H groups in total. The highest BCUT2D eigenvalue weighted by Gasteiger charge is 2.14. The van der Waals surface area contributed by atoms with E-state index in [4.69, 9.17) is 5.11 Å². The van der Waals surface area contributed by atoms with Crippen molar-refractivity contribution in [2.24, 2.45) is 0 Å². The van der Waals surface area contributed by atoms with Gasteiger partial charge < -0.3 is 15.3 Å². The summed E-state index contributed by atoms with van der Waals surface area (Å²) in [5.41, 5.74) is 1.21. The van der Waals surface area contributed by atoms with Crippen LogP contribution in [-0.2, 0) is 13.1 Å². The standard InChI is InChI=1S/C13H24N4O/c1-16(11-13-4-2-3-5-14-13)9-12-8-15-17(10-12)6-7-18/h8,10,13-14,18H,2-7,9,11H2,1H3. The van der Waals surface area contributed by atoms with Crippen LogP contribution in [0.3, 0.4) is 0 Å². The molecule has 0 spiro atoms. The predicted molar refractivity (Wildman–Crippen MR) is 71.3 cm³/mol. The molecular weight excluding hydrogens is 228 g/mol. The molecule has 1 aliphatic rings. The molecule has 5 nitrogen and oxygen atoms in total. The Morgan fingerprint density at radius 3 is 3.17 bits per heavy atom. The average Bonchev–Trinajstić information content (AvgIpc) is 2.78. The quantitative estimate of drug-likeness (QED) is 0.772. The van der Waals surface area contributed by atoms with Crippen LogP contribution in [0.4, 0.5) is 0 Å². The minimum absolute atomic E-state index is 0.142. The number of hydrogen-bond donors (Lipinski definition) is 2. The first-order chi connectivity index (χ1) is 8.78. The Labute approximate surface area is 109 Å². The minimum Gasteiger partial charge on any atom is -0.394 e. The first-order valence-corrected chi connectivity index (χ1v) is 6.82. The van der Waals surface area contributed by atoms with Crippen molar-refractivity contribution in [3.05, 3.63) is 18.0 Å². The van der Waals surface area contributed by atoms with Gasteiger partial charge in [-0.2, -0.15) is 5.10 Å². The van der Waals surface area contributed by atoms with Gasteiger partial charge in [0.1, 0.15) is 0 Å². The van der Waals surface area contributed by atoms with Crippen molar-refractivity contribution in [1.82, 2.24) is 20.0 Å². The largest absolute Gasteiger partial charge is 0.394 e. The van der Waals surface area contributed by atoms with E-state index in [0.29, 0.717) is 12.6 Å². The Morgan fingerprint density at radius 1 is 1.56 bits per heavy atom. The van der Waals surface area contributed by atoms with Gasteiger partial charge in [0.05, 0.1) is 19.3 Å². The third-order valence-electron chi connectivity index (χ3n) is 3.41. The Hall–Kier alpha value is -0.910. The van der Waals surface area contributed by atoms with E-state index < -0.39 is 0 Å². The van der Waals surface area contributed by atoms with Crippen LogP contribution in [0.25, 0.3) is 0 Å². The lowest BCUT2D eigenvalue weighted by Gasteiger charge is -2.27. The fraction of sp³-hybridized carbons (Fsp3) is 0.769. The summed E-state index contributed by atoms with van der Waals surface area (Å²) in [6.07, 6.45) is 7.85. The summed E-state index contributed by atoms with van der Waals surface area (Å²) in [6, 6.07) is 0.635. The van der Waals surface area contributed by atoms with Gasteiger partial charge in [0.25, 0.3) is 0 Å². The van der Waals surface area contributed by atoms with Gasteiger partial charge in [-0.15, -0.1) is 0 Å². The second kappa shape index (κ2) is 6.87. The topological polar surface area (TPSA) is 53.3 Å². The normalized spacial score (nSPS) is 20.5. The molecule has 1 aromatic rings. The van der Waals surface area contributed by atoms with Crippen molar-refractivity contribution in [3.63, 3.8) is 0 Å². The van der Waals surface area contributed by atoms with Gasteiger partial charge in [-0.1, -0.05) is 6.42 Å². The second-order valence-corrected chi connectivity index (χ2v) is 5.18. The van der Waals surface area contributed by atoms with E-state index >= 15 is 0 Å². The number of likely N-dealkylation sites (N-methyl/N-ethyl adjacent to an activating group) is 1. The van der Waals surface area contributed by atoms with Crippen molar-refractivity contribution in [1.29, 1.82) is 0 Å². The SMILES string of the molecule is CN(Cc1cnn(CCO)c1)CC1CCCCN1. The number of aromatic nitrogens is 2. The molecular formula is C13H24N4O. The summed E-state index contributed by atoms with van der Waals surface area (Å²) >= 11 is 0. The van der Waals surface area contributed by atoms with Gasteiger partial charge in [-0.25, -0.2) is 0 Å². The van der Waals surface area contributed by atoms with E-state index in [1.54, 1.807) is 4.68 Å². The van der Waals surface area contributed by atoms with E-state index in [9.17, 15) is 0 Å². The zero-order valence-electron chi connectivity index (χ0n) is 11.2. The number of aliphatic hydroxyl groups is 1. The highest BCUT2D eigenvalue weighted by molar-refractivity contribution is 5.03. The smallest absolute Gasteiger partial charge is 0.0640 e. The van der Waals surface area contributed by atoms with Crippen molar-refractivity contribution >= 4 is 0 Å². The van der Waals surface area contributed by atoms with E-state index in [1.807, 2.05) is 12.4 Å². The molecule has 0 bridgehead atoms. The van der Waals surface area contributed by atoms with Gasteiger partial charge in [-0.05, 0) is 26.4 Å². The van der Waals surface area contributed by atoms with Gasteiger partial charge in [0.2, 0.25) is 0 Å². The molecule has 1 aliphatic heterocycles. The highest BCUT2D eigenvalue weighted by atomic mass is 16.3. The monoisotopic (exact) mass is 252 g/mol. The molecule has 1 atom stereocenters. The van der Waals surface area contributed by atoms with E-state index in [0.717, 1.165) is 19.6 Å². The molecule has 1 saturated heterocycles. The maximum Gasteiger partial charge on any atom is 0.0640 e. The first-order valence-electron chi connectivity index (χ1n) is 6.82. The maximum absolute atomic E-state index is 8.85. The van der Waals surface area contributed by atoms with Crippen molar-refractivity contribution in [2.75, 3.05) is 26.7 Å². The van der Waals surface area contributed by atoms with Crippen molar-refractivity contribution in [2.45, 2.75) is 38.4 Å². The number of nitrogens with zero attached hydrogens (tertiary/aromatic N) is 3. The summed E-state index contributed by atoms with van der Waals surface area (Å²) in [7, 11) is 2.15.